The Balaban J connectivity index is 2.12. The van der Waals surface area contributed by atoms with Crippen LogP contribution in [0.3, 0.4) is 0 Å². The van der Waals surface area contributed by atoms with E-state index in [1.165, 1.54) is 12.8 Å². The number of nitriles is 1. The molecule has 1 N–H and O–H groups in total. The highest BCUT2D eigenvalue weighted by atomic mass is 15.0. The van der Waals surface area contributed by atoms with Crippen molar-refractivity contribution in [1.29, 1.82) is 5.26 Å². The lowest BCUT2D eigenvalue weighted by Gasteiger charge is -2.61. The molecule has 0 aromatic rings. The SMILES string of the molecule is CC(C)(C)NC1CC2CC(C1C#N)C2(C)C. The van der Waals surface area contributed by atoms with Gasteiger partial charge < -0.3 is 5.32 Å². The molecule has 0 amide bonds. The summed E-state index contributed by atoms with van der Waals surface area (Å²) < 4.78 is 0. The van der Waals surface area contributed by atoms with Gasteiger partial charge in [-0.15, -0.1) is 0 Å². The highest BCUT2D eigenvalue weighted by molar-refractivity contribution is 5.14. The quantitative estimate of drug-likeness (QED) is 0.737. The third-order valence-corrected chi connectivity index (χ3v) is 4.72. The zero-order chi connectivity index (χ0) is 12.1. The molecule has 16 heavy (non-hydrogen) atoms. The molecule has 0 heterocycles. The van der Waals surface area contributed by atoms with E-state index in [2.05, 4.69) is 46.0 Å². The number of rotatable bonds is 1. The monoisotopic (exact) mass is 220 g/mol. The van der Waals surface area contributed by atoms with Gasteiger partial charge in [-0.3, -0.25) is 0 Å². The van der Waals surface area contributed by atoms with E-state index in [0.29, 0.717) is 17.4 Å². The van der Waals surface area contributed by atoms with Gasteiger partial charge >= 0.3 is 0 Å². The summed E-state index contributed by atoms with van der Waals surface area (Å²) in [7, 11) is 0. The van der Waals surface area contributed by atoms with E-state index in [4.69, 9.17) is 0 Å². The molecule has 2 bridgehead atoms. The van der Waals surface area contributed by atoms with Crippen molar-refractivity contribution in [3.05, 3.63) is 0 Å². The first kappa shape index (κ1) is 11.9. The van der Waals surface area contributed by atoms with Crippen LogP contribution < -0.4 is 5.32 Å². The minimum absolute atomic E-state index is 0.119. The molecular formula is C14H24N2. The van der Waals surface area contributed by atoms with Crippen molar-refractivity contribution >= 4 is 0 Å². The molecule has 3 fully saturated rings. The fraction of sp³-hybridized carbons (Fsp3) is 0.929. The van der Waals surface area contributed by atoms with Gasteiger partial charge in [-0.2, -0.15) is 5.26 Å². The Bertz CT molecular complexity index is 319. The van der Waals surface area contributed by atoms with Gasteiger partial charge in [0, 0.05) is 11.6 Å². The highest BCUT2D eigenvalue weighted by Crippen LogP contribution is 2.61. The summed E-state index contributed by atoms with van der Waals surface area (Å²) in [4.78, 5) is 0. The number of nitrogens with one attached hydrogen (secondary N) is 1. The van der Waals surface area contributed by atoms with Crippen LogP contribution in [-0.2, 0) is 0 Å². The molecule has 0 aromatic heterocycles. The maximum Gasteiger partial charge on any atom is 0.0675 e. The summed E-state index contributed by atoms with van der Waals surface area (Å²) in [5.41, 5.74) is 0.518. The molecule has 0 spiro atoms. The number of nitrogens with zero attached hydrogens (tertiary/aromatic N) is 1. The van der Waals surface area contributed by atoms with E-state index in [0.717, 1.165) is 5.92 Å². The molecule has 2 heteroatoms. The van der Waals surface area contributed by atoms with E-state index < -0.39 is 0 Å². The van der Waals surface area contributed by atoms with E-state index in [1.807, 2.05) is 0 Å². The zero-order valence-electron chi connectivity index (χ0n) is 11.2. The fourth-order valence-electron chi connectivity index (χ4n) is 3.68. The first-order chi connectivity index (χ1) is 7.25. The third kappa shape index (κ3) is 1.76. The van der Waals surface area contributed by atoms with Gasteiger partial charge in [0.15, 0.2) is 0 Å². The topological polar surface area (TPSA) is 35.8 Å². The van der Waals surface area contributed by atoms with Crippen molar-refractivity contribution < 1.29 is 0 Å². The molecule has 2 nitrogen and oxygen atoms in total. The van der Waals surface area contributed by atoms with E-state index in [1.54, 1.807) is 0 Å². The second kappa shape index (κ2) is 3.47. The molecule has 3 saturated carbocycles. The van der Waals surface area contributed by atoms with Crippen LogP contribution in [0.5, 0.6) is 0 Å². The van der Waals surface area contributed by atoms with Gasteiger partial charge in [0.05, 0.1) is 12.0 Å². The van der Waals surface area contributed by atoms with Gasteiger partial charge in [0.2, 0.25) is 0 Å². The molecule has 4 atom stereocenters. The average Bonchev–Trinajstić information content (AvgIpc) is 2.14. The predicted molar refractivity (Wildman–Crippen MR) is 65.8 cm³/mol. The van der Waals surface area contributed by atoms with Crippen LogP contribution >= 0.6 is 0 Å². The summed E-state index contributed by atoms with van der Waals surface area (Å²) in [6.07, 6.45) is 2.45. The Hall–Kier alpha value is -0.550. The lowest BCUT2D eigenvalue weighted by atomic mass is 9.44. The van der Waals surface area contributed by atoms with Crippen LogP contribution in [0, 0.1) is 34.5 Å². The molecule has 3 rings (SSSR count). The molecule has 0 radical (unpaired) electrons. The third-order valence-electron chi connectivity index (χ3n) is 4.72. The molecule has 3 aliphatic carbocycles. The van der Waals surface area contributed by atoms with E-state index in [9.17, 15) is 5.26 Å². The second-order valence-electron chi connectivity index (χ2n) is 7.25. The lowest BCUT2D eigenvalue weighted by molar-refractivity contribution is -0.107. The largest absolute Gasteiger partial charge is 0.308 e. The summed E-state index contributed by atoms with van der Waals surface area (Å²) in [6.45, 7) is 11.2. The first-order valence-electron chi connectivity index (χ1n) is 6.43. The van der Waals surface area contributed by atoms with Gasteiger partial charge in [-0.1, -0.05) is 13.8 Å². The summed E-state index contributed by atoms with van der Waals surface area (Å²) in [6, 6.07) is 2.96. The lowest BCUT2D eigenvalue weighted by Crippen LogP contribution is -2.62. The average molecular weight is 220 g/mol. The van der Waals surface area contributed by atoms with Crippen molar-refractivity contribution in [2.45, 2.75) is 59.0 Å². The standard InChI is InChI=1S/C14H24N2/c1-13(2,3)16-12-7-9-6-11(10(12)8-15)14(9,4)5/h9-12,16H,6-7H2,1-5H3. The van der Waals surface area contributed by atoms with Gasteiger partial charge in [0.1, 0.15) is 0 Å². The van der Waals surface area contributed by atoms with Gasteiger partial charge in [-0.25, -0.2) is 0 Å². The number of fused-ring (bicyclic) bond motifs is 2. The highest BCUT2D eigenvalue weighted by Gasteiger charge is 2.58. The Morgan fingerprint density at radius 1 is 1.25 bits per heavy atom. The fourth-order valence-corrected chi connectivity index (χ4v) is 3.68. The summed E-state index contributed by atoms with van der Waals surface area (Å²) >= 11 is 0. The Kier molecular flexibility index (Phi) is 2.58. The minimum atomic E-state index is 0.119. The van der Waals surface area contributed by atoms with Crippen LogP contribution in [0.4, 0.5) is 0 Å². The predicted octanol–water partition coefficient (Wildman–Crippen LogP) is 2.95. The molecular weight excluding hydrogens is 196 g/mol. The van der Waals surface area contributed by atoms with E-state index in [-0.39, 0.29) is 11.5 Å². The van der Waals surface area contributed by atoms with Crippen molar-refractivity contribution in [2.75, 3.05) is 0 Å². The first-order valence-corrected chi connectivity index (χ1v) is 6.43. The van der Waals surface area contributed by atoms with Crippen LogP contribution in [0.15, 0.2) is 0 Å². The Labute approximate surface area is 99.4 Å². The van der Waals surface area contributed by atoms with Crippen LogP contribution in [-0.4, -0.2) is 11.6 Å². The zero-order valence-corrected chi connectivity index (χ0v) is 11.2. The minimum Gasteiger partial charge on any atom is -0.308 e. The second-order valence-corrected chi connectivity index (χ2v) is 7.25. The molecule has 90 valence electrons. The van der Waals surface area contributed by atoms with Crippen molar-refractivity contribution in [2.24, 2.45) is 23.2 Å². The Morgan fingerprint density at radius 2 is 1.88 bits per heavy atom. The van der Waals surface area contributed by atoms with Crippen molar-refractivity contribution in [3.8, 4) is 6.07 Å². The summed E-state index contributed by atoms with van der Waals surface area (Å²) in [5, 5.41) is 13.0. The van der Waals surface area contributed by atoms with Gasteiger partial charge in [0.25, 0.3) is 0 Å². The van der Waals surface area contributed by atoms with Crippen molar-refractivity contribution in [3.63, 3.8) is 0 Å². The molecule has 3 aliphatic rings. The normalized spacial score (nSPS) is 41.0. The molecule has 0 aromatic carbocycles. The van der Waals surface area contributed by atoms with Crippen molar-refractivity contribution in [1.82, 2.24) is 5.32 Å². The molecule has 4 unspecified atom stereocenters. The van der Waals surface area contributed by atoms with Crippen LogP contribution in [0.2, 0.25) is 0 Å². The van der Waals surface area contributed by atoms with Crippen LogP contribution in [0.1, 0.15) is 47.5 Å². The Morgan fingerprint density at radius 3 is 2.31 bits per heavy atom. The van der Waals surface area contributed by atoms with Gasteiger partial charge in [-0.05, 0) is 50.9 Å². The maximum atomic E-state index is 9.40. The van der Waals surface area contributed by atoms with E-state index >= 15 is 0 Å². The smallest absolute Gasteiger partial charge is 0.0675 e. The summed E-state index contributed by atoms with van der Waals surface area (Å²) in [5.74, 6) is 1.64. The molecule has 0 aliphatic heterocycles. The number of hydrogen-bond donors (Lipinski definition) is 1. The maximum absolute atomic E-state index is 9.40. The molecule has 0 saturated heterocycles. The number of hydrogen-bond acceptors (Lipinski definition) is 2. The van der Waals surface area contributed by atoms with Crippen LogP contribution in [0.25, 0.3) is 0 Å².